The summed E-state index contributed by atoms with van der Waals surface area (Å²) in [5, 5.41) is 16.0. The first-order valence-electron chi connectivity index (χ1n) is 9.54. The van der Waals surface area contributed by atoms with Gasteiger partial charge < -0.3 is 44.0 Å². The number of primary amides is 1. The molecule has 0 aliphatic rings. The Bertz CT molecular complexity index is 692. The van der Waals surface area contributed by atoms with Gasteiger partial charge in [-0.15, -0.1) is 0 Å². The van der Waals surface area contributed by atoms with E-state index in [0.717, 1.165) is 0 Å². The number of aliphatic carboxylic acids is 1. The van der Waals surface area contributed by atoms with Crippen molar-refractivity contribution in [3.05, 3.63) is 0 Å². The second-order valence-corrected chi connectivity index (χ2v) is 7.13. The van der Waals surface area contributed by atoms with Gasteiger partial charge in [0.2, 0.25) is 23.6 Å². The number of carboxylic acids is 1. The first-order valence-corrected chi connectivity index (χ1v) is 9.54. The standard InChI is InChI=1S/C17H32N8O6/c1-8(2)13(16(30)31)25-15(29)10(6-11(19)26)24-12(27)7-23-14(28)9(18)4-3-5-22-17(20)21/h8-10,13H,3-7,18H2,1-2H3,(H2,19,26)(H,23,28)(H,24,27)(H,25,29)(H,30,31)(H4,20,21,22). The summed E-state index contributed by atoms with van der Waals surface area (Å²) in [6.45, 7) is 2.94. The zero-order valence-electron chi connectivity index (χ0n) is 17.6. The molecular weight excluding hydrogens is 412 g/mol. The van der Waals surface area contributed by atoms with E-state index in [1.165, 1.54) is 0 Å². The van der Waals surface area contributed by atoms with Gasteiger partial charge in [0.05, 0.1) is 19.0 Å². The molecule has 0 aromatic carbocycles. The summed E-state index contributed by atoms with van der Waals surface area (Å²) in [7, 11) is 0. The van der Waals surface area contributed by atoms with E-state index in [1.807, 2.05) is 0 Å². The Hall–Kier alpha value is -3.42. The lowest BCUT2D eigenvalue weighted by atomic mass is 10.0. The molecule has 0 fully saturated rings. The van der Waals surface area contributed by atoms with Crippen molar-refractivity contribution in [2.75, 3.05) is 13.1 Å². The lowest BCUT2D eigenvalue weighted by Gasteiger charge is -2.22. The summed E-state index contributed by atoms with van der Waals surface area (Å²) in [6.07, 6.45) is 0.156. The number of guanidine groups is 1. The number of nitrogens with two attached hydrogens (primary N) is 4. The number of carbonyl (C=O) groups is 5. The molecule has 0 aliphatic carbocycles. The van der Waals surface area contributed by atoms with E-state index in [-0.39, 0.29) is 12.4 Å². The van der Waals surface area contributed by atoms with Crippen molar-refractivity contribution in [1.29, 1.82) is 0 Å². The molecule has 0 saturated carbocycles. The normalized spacial score (nSPS) is 13.4. The largest absolute Gasteiger partial charge is 0.480 e. The third-order valence-corrected chi connectivity index (χ3v) is 4.02. The molecule has 14 nitrogen and oxygen atoms in total. The minimum Gasteiger partial charge on any atom is -0.480 e. The third kappa shape index (κ3) is 12.0. The average molecular weight is 444 g/mol. The Morgan fingerprint density at radius 2 is 1.61 bits per heavy atom. The number of nitrogens with one attached hydrogen (secondary N) is 3. The van der Waals surface area contributed by atoms with Gasteiger partial charge in [-0.25, -0.2) is 4.79 Å². The number of carbonyl (C=O) groups excluding carboxylic acids is 4. The van der Waals surface area contributed by atoms with Crippen LogP contribution in [-0.4, -0.2) is 71.9 Å². The first kappa shape index (κ1) is 27.6. The number of amides is 4. The predicted molar refractivity (Wildman–Crippen MR) is 111 cm³/mol. The van der Waals surface area contributed by atoms with Crippen LogP contribution in [0.4, 0.5) is 0 Å². The van der Waals surface area contributed by atoms with E-state index in [9.17, 15) is 24.0 Å². The van der Waals surface area contributed by atoms with Crippen LogP contribution in [0.25, 0.3) is 0 Å². The molecule has 31 heavy (non-hydrogen) atoms. The van der Waals surface area contributed by atoms with E-state index in [2.05, 4.69) is 20.9 Å². The fourth-order valence-electron chi connectivity index (χ4n) is 2.37. The van der Waals surface area contributed by atoms with Crippen molar-refractivity contribution >= 4 is 35.6 Å². The highest BCUT2D eigenvalue weighted by molar-refractivity contribution is 5.95. The lowest BCUT2D eigenvalue weighted by molar-refractivity contribution is -0.143. The number of carboxylic acid groups (broad SMARTS) is 1. The second kappa shape index (κ2) is 13.7. The second-order valence-electron chi connectivity index (χ2n) is 7.13. The Morgan fingerprint density at radius 1 is 1.00 bits per heavy atom. The maximum Gasteiger partial charge on any atom is 0.326 e. The van der Waals surface area contributed by atoms with Crippen LogP contribution in [0.2, 0.25) is 0 Å². The topological polar surface area (TPSA) is 258 Å². The molecule has 14 heteroatoms. The van der Waals surface area contributed by atoms with E-state index < -0.39 is 66.6 Å². The van der Waals surface area contributed by atoms with Crippen LogP contribution in [0.5, 0.6) is 0 Å². The summed E-state index contributed by atoms with van der Waals surface area (Å²) in [6, 6.07) is -3.54. The average Bonchev–Trinajstić information content (AvgIpc) is 2.65. The first-order chi connectivity index (χ1) is 14.3. The van der Waals surface area contributed by atoms with Crippen LogP contribution in [-0.2, 0) is 24.0 Å². The monoisotopic (exact) mass is 444 g/mol. The Kier molecular flexibility index (Phi) is 12.2. The number of aliphatic imine (C=N–C) groups is 1. The zero-order valence-corrected chi connectivity index (χ0v) is 17.6. The van der Waals surface area contributed by atoms with Gasteiger partial charge in [-0.3, -0.25) is 24.2 Å². The molecule has 176 valence electrons. The van der Waals surface area contributed by atoms with Crippen molar-refractivity contribution in [3.63, 3.8) is 0 Å². The van der Waals surface area contributed by atoms with Gasteiger partial charge in [-0.1, -0.05) is 13.8 Å². The van der Waals surface area contributed by atoms with Crippen LogP contribution in [0.1, 0.15) is 33.1 Å². The molecule has 0 rings (SSSR count). The van der Waals surface area contributed by atoms with Crippen molar-refractivity contribution in [2.24, 2.45) is 33.8 Å². The molecule has 4 amide bonds. The van der Waals surface area contributed by atoms with E-state index >= 15 is 0 Å². The summed E-state index contributed by atoms with van der Waals surface area (Å²) >= 11 is 0. The highest BCUT2D eigenvalue weighted by atomic mass is 16.4. The Morgan fingerprint density at radius 3 is 2.10 bits per heavy atom. The highest BCUT2D eigenvalue weighted by Crippen LogP contribution is 2.03. The van der Waals surface area contributed by atoms with Gasteiger partial charge in [0.15, 0.2) is 5.96 Å². The molecule has 0 saturated heterocycles. The van der Waals surface area contributed by atoms with Crippen molar-refractivity contribution in [3.8, 4) is 0 Å². The SMILES string of the molecule is CC(C)C(NC(=O)C(CC(N)=O)NC(=O)CNC(=O)C(N)CCCN=C(N)N)C(=O)O. The van der Waals surface area contributed by atoms with Gasteiger partial charge >= 0.3 is 5.97 Å². The number of hydrogen-bond donors (Lipinski definition) is 8. The number of nitrogens with zero attached hydrogens (tertiary/aromatic N) is 1. The summed E-state index contributed by atoms with van der Waals surface area (Å²) in [4.78, 5) is 62.6. The molecule has 0 bridgehead atoms. The van der Waals surface area contributed by atoms with Gasteiger partial charge in [0.25, 0.3) is 0 Å². The van der Waals surface area contributed by atoms with Gasteiger partial charge in [0.1, 0.15) is 12.1 Å². The maximum atomic E-state index is 12.3. The summed E-state index contributed by atoms with van der Waals surface area (Å²) in [5.41, 5.74) is 21.2. The summed E-state index contributed by atoms with van der Waals surface area (Å²) < 4.78 is 0. The van der Waals surface area contributed by atoms with Crippen molar-refractivity contribution < 1.29 is 29.1 Å². The molecule has 0 spiro atoms. The molecule has 12 N–H and O–H groups in total. The fourth-order valence-corrected chi connectivity index (χ4v) is 2.37. The molecule has 0 aromatic heterocycles. The van der Waals surface area contributed by atoms with E-state index in [4.69, 9.17) is 28.0 Å². The molecule has 3 unspecified atom stereocenters. The predicted octanol–water partition coefficient (Wildman–Crippen LogP) is -3.93. The maximum absolute atomic E-state index is 12.3. The minimum atomic E-state index is -1.41. The summed E-state index contributed by atoms with van der Waals surface area (Å²) in [5.74, 6) is -4.97. The van der Waals surface area contributed by atoms with Crippen LogP contribution < -0.4 is 38.9 Å². The fraction of sp³-hybridized carbons (Fsp3) is 0.647. The molecule has 0 aliphatic heterocycles. The van der Waals surface area contributed by atoms with Gasteiger partial charge in [-0.2, -0.15) is 0 Å². The van der Waals surface area contributed by atoms with Crippen LogP contribution in [0, 0.1) is 5.92 Å². The van der Waals surface area contributed by atoms with Crippen LogP contribution >= 0.6 is 0 Å². The number of rotatable bonds is 14. The van der Waals surface area contributed by atoms with E-state index in [0.29, 0.717) is 13.0 Å². The highest BCUT2D eigenvalue weighted by Gasteiger charge is 2.29. The van der Waals surface area contributed by atoms with Crippen LogP contribution in [0.15, 0.2) is 4.99 Å². The van der Waals surface area contributed by atoms with Crippen molar-refractivity contribution in [1.82, 2.24) is 16.0 Å². The molecule has 0 aromatic rings. The Labute approximate surface area is 179 Å². The van der Waals surface area contributed by atoms with E-state index in [1.54, 1.807) is 13.8 Å². The van der Waals surface area contributed by atoms with Crippen molar-refractivity contribution in [2.45, 2.75) is 51.2 Å². The van der Waals surface area contributed by atoms with Crippen LogP contribution in [0.3, 0.4) is 0 Å². The Balaban J connectivity index is 4.75. The zero-order chi connectivity index (χ0) is 24.1. The third-order valence-electron chi connectivity index (χ3n) is 4.02. The molecule has 0 heterocycles. The number of hydrogen-bond acceptors (Lipinski definition) is 7. The molecule has 3 atom stereocenters. The van der Waals surface area contributed by atoms with Gasteiger partial charge in [-0.05, 0) is 18.8 Å². The minimum absolute atomic E-state index is 0.0766. The quantitative estimate of drug-likeness (QED) is 0.0737. The smallest absolute Gasteiger partial charge is 0.326 e. The molecular formula is C17H32N8O6. The lowest BCUT2D eigenvalue weighted by Crippen LogP contribution is -2.55. The van der Waals surface area contributed by atoms with Gasteiger partial charge in [0, 0.05) is 6.54 Å². The molecule has 0 radical (unpaired) electrons.